The minimum absolute atomic E-state index is 0.00894. The summed E-state index contributed by atoms with van der Waals surface area (Å²) < 4.78 is 27.4. The Morgan fingerprint density at radius 2 is 1.59 bits per heavy atom. The first kappa shape index (κ1) is 27.4. The molecule has 1 fully saturated rings. The SMILES string of the molecule is COc1cc(C[C@@H](CO)[C@H](CO[C@@H]2O[C@H](CO)[C@@H](O)[C@H](O)[C@H]2O)Cc2ccc3c(c2)OCO3)ccc1O. The molecule has 2 aromatic rings. The lowest BCUT2D eigenvalue weighted by molar-refractivity contribution is -0.304. The number of fused-ring (bicyclic) bond motifs is 1. The summed E-state index contributed by atoms with van der Waals surface area (Å²) in [4.78, 5) is 0. The number of aliphatic hydroxyl groups excluding tert-OH is 5. The summed E-state index contributed by atoms with van der Waals surface area (Å²) in [6.07, 6.45) is -6.05. The highest BCUT2D eigenvalue weighted by Crippen LogP contribution is 2.35. The Kier molecular flexibility index (Phi) is 9.08. The summed E-state index contributed by atoms with van der Waals surface area (Å²) in [6.45, 7) is -0.578. The molecule has 2 aromatic carbocycles. The van der Waals surface area contributed by atoms with Crippen LogP contribution in [0.1, 0.15) is 11.1 Å². The van der Waals surface area contributed by atoms with Gasteiger partial charge in [0, 0.05) is 6.61 Å². The summed E-state index contributed by atoms with van der Waals surface area (Å²) in [5, 5.41) is 60.3. The van der Waals surface area contributed by atoms with Crippen molar-refractivity contribution < 1.29 is 54.3 Å². The van der Waals surface area contributed by atoms with Gasteiger partial charge in [-0.05, 0) is 60.1 Å². The van der Waals surface area contributed by atoms with Gasteiger partial charge in [-0.25, -0.2) is 0 Å². The molecule has 0 amide bonds. The largest absolute Gasteiger partial charge is 0.504 e. The Morgan fingerprint density at radius 3 is 2.32 bits per heavy atom. The molecule has 204 valence electrons. The van der Waals surface area contributed by atoms with Crippen LogP contribution >= 0.6 is 0 Å². The topological polar surface area (TPSA) is 168 Å². The molecule has 4 rings (SSSR count). The molecule has 2 heterocycles. The first-order valence-corrected chi connectivity index (χ1v) is 12.1. The predicted octanol–water partition coefficient (Wildman–Crippen LogP) is -0.0441. The van der Waals surface area contributed by atoms with Gasteiger partial charge in [-0.3, -0.25) is 0 Å². The van der Waals surface area contributed by atoms with Crippen molar-refractivity contribution in [3.63, 3.8) is 0 Å². The normalized spacial score (nSPS) is 26.6. The number of phenols is 1. The van der Waals surface area contributed by atoms with Crippen molar-refractivity contribution in [3.05, 3.63) is 47.5 Å². The van der Waals surface area contributed by atoms with E-state index in [1.807, 2.05) is 18.2 Å². The Morgan fingerprint density at radius 1 is 0.892 bits per heavy atom. The molecule has 0 bridgehead atoms. The van der Waals surface area contributed by atoms with Crippen LogP contribution < -0.4 is 14.2 Å². The van der Waals surface area contributed by atoms with E-state index in [2.05, 4.69) is 0 Å². The van der Waals surface area contributed by atoms with Gasteiger partial charge in [0.2, 0.25) is 6.79 Å². The van der Waals surface area contributed by atoms with E-state index < -0.39 is 37.3 Å². The lowest BCUT2D eigenvalue weighted by atomic mass is 9.83. The van der Waals surface area contributed by atoms with Crippen LogP contribution in [-0.4, -0.2) is 95.1 Å². The van der Waals surface area contributed by atoms with Crippen molar-refractivity contribution in [2.75, 3.05) is 33.7 Å². The van der Waals surface area contributed by atoms with Crippen LogP contribution in [-0.2, 0) is 22.3 Å². The van der Waals surface area contributed by atoms with Crippen LogP contribution in [0, 0.1) is 11.8 Å². The average Bonchev–Trinajstić information content (AvgIpc) is 3.38. The zero-order valence-corrected chi connectivity index (χ0v) is 20.5. The number of aliphatic hydroxyl groups is 5. The van der Waals surface area contributed by atoms with E-state index in [1.165, 1.54) is 13.2 Å². The molecule has 6 N–H and O–H groups in total. The summed E-state index contributed by atoms with van der Waals surface area (Å²) >= 11 is 0. The number of hydrogen-bond donors (Lipinski definition) is 6. The van der Waals surface area contributed by atoms with Gasteiger partial charge in [0.1, 0.15) is 24.4 Å². The second-order valence-electron chi connectivity index (χ2n) is 9.34. The molecule has 0 spiro atoms. The molecular formula is C26H34O11. The number of aromatic hydroxyl groups is 1. The Bertz CT molecular complexity index is 1030. The van der Waals surface area contributed by atoms with E-state index in [0.717, 1.165) is 11.1 Å². The summed E-state index contributed by atoms with van der Waals surface area (Å²) in [7, 11) is 1.46. The highest BCUT2D eigenvalue weighted by molar-refractivity contribution is 5.45. The van der Waals surface area contributed by atoms with E-state index in [9.17, 15) is 30.6 Å². The van der Waals surface area contributed by atoms with Gasteiger partial charge in [-0.2, -0.15) is 0 Å². The van der Waals surface area contributed by atoms with Gasteiger partial charge in [-0.15, -0.1) is 0 Å². The monoisotopic (exact) mass is 522 g/mol. The Hall–Kier alpha value is -2.64. The van der Waals surface area contributed by atoms with E-state index in [-0.39, 0.29) is 37.6 Å². The molecule has 37 heavy (non-hydrogen) atoms. The fourth-order valence-corrected chi connectivity index (χ4v) is 4.69. The molecule has 2 aliphatic heterocycles. The minimum atomic E-state index is -1.55. The van der Waals surface area contributed by atoms with E-state index in [4.69, 9.17) is 23.7 Å². The summed E-state index contributed by atoms with van der Waals surface area (Å²) in [5.41, 5.74) is 1.74. The quantitative estimate of drug-likeness (QED) is 0.234. The zero-order valence-electron chi connectivity index (χ0n) is 20.5. The van der Waals surface area contributed by atoms with E-state index in [0.29, 0.717) is 30.1 Å². The first-order valence-electron chi connectivity index (χ1n) is 12.1. The maximum atomic E-state index is 10.4. The van der Waals surface area contributed by atoms with Crippen molar-refractivity contribution in [1.29, 1.82) is 0 Å². The van der Waals surface area contributed by atoms with Crippen LogP contribution in [0.15, 0.2) is 36.4 Å². The molecule has 0 unspecified atom stereocenters. The molecule has 0 radical (unpaired) electrons. The number of rotatable bonds is 11. The maximum Gasteiger partial charge on any atom is 0.231 e. The minimum Gasteiger partial charge on any atom is -0.504 e. The maximum absolute atomic E-state index is 10.4. The summed E-state index contributed by atoms with van der Waals surface area (Å²) in [6, 6.07) is 10.5. The van der Waals surface area contributed by atoms with Crippen LogP contribution in [0.25, 0.3) is 0 Å². The van der Waals surface area contributed by atoms with Gasteiger partial charge >= 0.3 is 0 Å². The molecular weight excluding hydrogens is 488 g/mol. The molecule has 7 atom stereocenters. The van der Waals surface area contributed by atoms with Crippen LogP contribution in [0.2, 0.25) is 0 Å². The van der Waals surface area contributed by atoms with Gasteiger partial charge in [0.25, 0.3) is 0 Å². The van der Waals surface area contributed by atoms with Crippen LogP contribution in [0.4, 0.5) is 0 Å². The predicted molar refractivity (Wildman–Crippen MR) is 128 cm³/mol. The van der Waals surface area contributed by atoms with Gasteiger partial charge in [0.05, 0.1) is 20.3 Å². The Balaban J connectivity index is 1.53. The highest BCUT2D eigenvalue weighted by atomic mass is 16.7. The number of hydrogen-bond acceptors (Lipinski definition) is 11. The third-order valence-electron chi connectivity index (χ3n) is 6.90. The van der Waals surface area contributed by atoms with Crippen LogP contribution in [0.3, 0.4) is 0 Å². The lowest BCUT2D eigenvalue weighted by Crippen LogP contribution is -2.59. The van der Waals surface area contributed by atoms with Crippen molar-refractivity contribution in [2.45, 2.75) is 43.5 Å². The van der Waals surface area contributed by atoms with Crippen molar-refractivity contribution in [2.24, 2.45) is 11.8 Å². The average molecular weight is 523 g/mol. The Labute approximate surface area is 214 Å². The third-order valence-corrected chi connectivity index (χ3v) is 6.90. The number of methoxy groups -OCH3 is 1. The van der Waals surface area contributed by atoms with Gasteiger partial charge in [0.15, 0.2) is 29.3 Å². The molecule has 0 saturated carbocycles. The smallest absolute Gasteiger partial charge is 0.231 e. The number of phenolic OH excluding ortho intramolecular Hbond substituents is 1. The zero-order chi connectivity index (χ0) is 26.5. The fraction of sp³-hybridized carbons (Fsp3) is 0.538. The van der Waals surface area contributed by atoms with E-state index in [1.54, 1.807) is 12.1 Å². The molecule has 11 nitrogen and oxygen atoms in total. The second kappa shape index (κ2) is 12.3. The molecule has 1 saturated heterocycles. The molecule has 0 aliphatic carbocycles. The molecule has 2 aliphatic rings. The van der Waals surface area contributed by atoms with Crippen molar-refractivity contribution in [3.8, 4) is 23.0 Å². The van der Waals surface area contributed by atoms with Gasteiger partial charge < -0.3 is 54.3 Å². The first-order chi connectivity index (χ1) is 17.8. The van der Waals surface area contributed by atoms with Crippen molar-refractivity contribution in [1.82, 2.24) is 0 Å². The third kappa shape index (κ3) is 6.27. The van der Waals surface area contributed by atoms with E-state index >= 15 is 0 Å². The van der Waals surface area contributed by atoms with Crippen molar-refractivity contribution >= 4 is 0 Å². The summed E-state index contributed by atoms with van der Waals surface area (Å²) in [5.74, 6) is 0.985. The van der Waals surface area contributed by atoms with Crippen LogP contribution in [0.5, 0.6) is 23.0 Å². The second-order valence-corrected chi connectivity index (χ2v) is 9.34. The number of benzene rings is 2. The number of ether oxygens (including phenoxy) is 5. The highest BCUT2D eigenvalue weighted by Gasteiger charge is 2.44. The lowest BCUT2D eigenvalue weighted by Gasteiger charge is -2.40. The molecule has 11 heteroatoms. The fourth-order valence-electron chi connectivity index (χ4n) is 4.69. The standard InChI is InChI=1S/C26H34O11/c1-33-20-8-14(2-4-18(20)29)6-16(10-27)17(7-15-3-5-19-21(9-15)36-13-35-19)12-34-26-25(32)24(31)23(30)22(11-28)37-26/h2-5,8-9,16-17,22-32H,6-7,10-13H2,1H3/t16-,17-,22+,23+,24-,25+,26+/m0/s1. The van der Waals surface area contributed by atoms with Gasteiger partial charge in [-0.1, -0.05) is 12.1 Å². The molecule has 0 aromatic heterocycles.